The fourth-order valence-corrected chi connectivity index (χ4v) is 4.43. The van der Waals surface area contributed by atoms with Crippen molar-refractivity contribution in [1.82, 2.24) is 9.97 Å². The number of hydrogen-bond donors (Lipinski definition) is 2. The van der Waals surface area contributed by atoms with Crippen molar-refractivity contribution in [3.8, 4) is 11.5 Å². The Morgan fingerprint density at radius 2 is 1.73 bits per heavy atom. The number of anilines is 5. The molecule has 3 aromatic carbocycles. The molecule has 3 N–H and O–H groups in total. The van der Waals surface area contributed by atoms with E-state index in [1.165, 1.54) is 11.8 Å². The van der Waals surface area contributed by atoms with Gasteiger partial charge in [0.1, 0.15) is 11.5 Å². The van der Waals surface area contributed by atoms with Crippen LogP contribution in [0, 0.1) is 5.82 Å². The minimum absolute atomic E-state index is 0.0859. The lowest BCUT2D eigenvalue weighted by molar-refractivity contribution is 0.483. The van der Waals surface area contributed by atoms with E-state index in [-0.39, 0.29) is 11.2 Å². The van der Waals surface area contributed by atoms with Gasteiger partial charge < -0.3 is 20.7 Å². The molecule has 1 aromatic heterocycles. The third-order valence-electron chi connectivity index (χ3n) is 6.27. The van der Waals surface area contributed by atoms with E-state index >= 15 is 0 Å². The molecular weight excluding hydrogens is 417 g/mol. The second-order valence-corrected chi connectivity index (χ2v) is 8.57. The fourth-order valence-electron chi connectivity index (χ4n) is 4.43. The van der Waals surface area contributed by atoms with E-state index in [0.717, 1.165) is 30.0 Å². The predicted molar refractivity (Wildman–Crippen MR) is 127 cm³/mol. The summed E-state index contributed by atoms with van der Waals surface area (Å²) in [6.07, 6.45) is 3.40. The van der Waals surface area contributed by atoms with Gasteiger partial charge >= 0.3 is 0 Å². The van der Waals surface area contributed by atoms with Gasteiger partial charge in [-0.15, -0.1) is 0 Å². The highest BCUT2D eigenvalue weighted by molar-refractivity contribution is 5.76. The average Bonchev–Trinajstić information content (AvgIpc) is 3.54. The predicted octanol–water partition coefficient (Wildman–Crippen LogP) is 5.92. The Labute approximate surface area is 190 Å². The van der Waals surface area contributed by atoms with Crippen LogP contribution in [-0.4, -0.2) is 16.5 Å². The molecule has 0 amide bonds. The molecular formula is C26H22FN5O. The molecule has 1 aliphatic heterocycles. The zero-order valence-corrected chi connectivity index (χ0v) is 17.8. The van der Waals surface area contributed by atoms with Crippen LogP contribution in [0.2, 0.25) is 0 Å². The largest absolute Gasteiger partial charge is 0.457 e. The van der Waals surface area contributed by atoms with Gasteiger partial charge in [0.15, 0.2) is 11.6 Å². The number of nitrogens with two attached hydrogens (primary N) is 1. The number of aromatic nitrogens is 2. The average molecular weight is 439 g/mol. The van der Waals surface area contributed by atoms with E-state index in [1.807, 2.05) is 71.6 Å². The van der Waals surface area contributed by atoms with E-state index in [9.17, 15) is 4.39 Å². The van der Waals surface area contributed by atoms with E-state index < -0.39 is 5.82 Å². The van der Waals surface area contributed by atoms with E-state index in [2.05, 4.69) is 21.4 Å². The molecule has 4 aromatic rings. The quantitative estimate of drug-likeness (QED) is 0.376. The van der Waals surface area contributed by atoms with Crippen molar-refractivity contribution in [3.63, 3.8) is 0 Å². The number of halogens is 1. The van der Waals surface area contributed by atoms with Crippen LogP contribution in [0.25, 0.3) is 0 Å². The monoisotopic (exact) mass is 439 g/mol. The standard InChI is InChI=1S/C26H22FN5O/c27-22-15-29-25(30-18-7-9-20(10-8-18)33-19-4-2-1-3-5-19)31-24(22)32-16-26(12-13-26)21-11-6-17(28)14-23(21)32/h1-11,14-15H,12-13,16,28H2,(H,29,30,31). The zero-order chi connectivity index (χ0) is 22.4. The number of benzene rings is 3. The van der Waals surface area contributed by atoms with Crippen LogP contribution in [0.3, 0.4) is 0 Å². The molecule has 6 rings (SSSR count). The summed E-state index contributed by atoms with van der Waals surface area (Å²) < 4.78 is 20.7. The van der Waals surface area contributed by atoms with Crippen molar-refractivity contribution < 1.29 is 9.13 Å². The molecule has 0 atom stereocenters. The highest BCUT2D eigenvalue weighted by atomic mass is 19.1. The molecule has 1 aliphatic carbocycles. The van der Waals surface area contributed by atoms with Gasteiger partial charge in [0, 0.05) is 29.0 Å². The number of rotatable bonds is 5. The Morgan fingerprint density at radius 3 is 2.48 bits per heavy atom. The van der Waals surface area contributed by atoms with Crippen molar-refractivity contribution >= 4 is 28.8 Å². The van der Waals surface area contributed by atoms with E-state index in [0.29, 0.717) is 23.9 Å². The van der Waals surface area contributed by atoms with Gasteiger partial charge in [0.05, 0.1) is 6.20 Å². The number of fused-ring (bicyclic) bond motifs is 2. The lowest BCUT2D eigenvalue weighted by Gasteiger charge is -2.20. The summed E-state index contributed by atoms with van der Waals surface area (Å²) in [5.41, 5.74) is 9.70. The second-order valence-electron chi connectivity index (χ2n) is 8.57. The Morgan fingerprint density at radius 1 is 0.970 bits per heavy atom. The summed E-state index contributed by atoms with van der Waals surface area (Å²) in [5, 5.41) is 3.16. The maximum atomic E-state index is 14.8. The molecule has 0 unspecified atom stereocenters. The van der Waals surface area contributed by atoms with Crippen molar-refractivity contribution in [1.29, 1.82) is 0 Å². The van der Waals surface area contributed by atoms with Crippen LogP contribution >= 0.6 is 0 Å². The highest BCUT2D eigenvalue weighted by Crippen LogP contribution is 2.58. The molecule has 1 fully saturated rings. The summed E-state index contributed by atoms with van der Waals surface area (Å²) >= 11 is 0. The van der Waals surface area contributed by atoms with Gasteiger partial charge in [-0.05, 0) is 66.9 Å². The van der Waals surface area contributed by atoms with E-state index in [1.54, 1.807) is 0 Å². The molecule has 164 valence electrons. The first-order valence-electron chi connectivity index (χ1n) is 10.9. The minimum atomic E-state index is -0.460. The van der Waals surface area contributed by atoms with Crippen LogP contribution in [0.1, 0.15) is 18.4 Å². The first-order valence-corrected chi connectivity index (χ1v) is 10.9. The topological polar surface area (TPSA) is 76.3 Å². The SMILES string of the molecule is Nc1ccc2c(c1)N(c1nc(Nc3ccc(Oc4ccccc4)cc3)ncc1F)CC21CC1. The third kappa shape index (κ3) is 3.61. The number of ether oxygens (including phenoxy) is 1. The molecule has 0 saturated heterocycles. The molecule has 6 nitrogen and oxygen atoms in total. The van der Waals surface area contributed by atoms with Gasteiger partial charge in [-0.25, -0.2) is 9.37 Å². The van der Waals surface area contributed by atoms with Crippen LogP contribution in [0.5, 0.6) is 11.5 Å². The summed E-state index contributed by atoms with van der Waals surface area (Å²) in [5.74, 6) is 1.61. The van der Waals surface area contributed by atoms with Crippen molar-refractivity contribution in [2.75, 3.05) is 22.5 Å². The number of para-hydroxylation sites is 1. The molecule has 2 aliphatic rings. The third-order valence-corrected chi connectivity index (χ3v) is 6.27. The fraction of sp³-hybridized carbons (Fsp3) is 0.154. The Balaban J connectivity index is 1.24. The Kier molecular flexibility index (Phi) is 4.43. The first kappa shape index (κ1) is 19.5. The molecule has 33 heavy (non-hydrogen) atoms. The minimum Gasteiger partial charge on any atom is -0.457 e. The van der Waals surface area contributed by atoms with Crippen molar-refractivity contribution in [2.45, 2.75) is 18.3 Å². The maximum Gasteiger partial charge on any atom is 0.229 e. The van der Waals surface area contributed by atoms with Crippen LogP contribution in [-0.2, 0) is 5.41 Å². The molecule has 0 bridgehead atoms. The lowest BCUT2D eigenvalue weighted by Crippen LogP contribution is -2.22. The Hall–Kier alpha value is -4.13. The van der Waals surface area contributed by atoms with Crippen molar-refractivity contribution in [3.05, 3.63) is 90.4 Å². The Bertz CT molecular complexity index is 1320. The van der Waals surface area contributed by atoms with Crippen molar-refractivity contribution in [2.24, 2.45) is 0 Å². The zero-order valence-electron chi connectivity index (χ0n) is 17.8. The number of nitrogens with zero attached hydrogens (tertiary/aromatic N) is 3. The van der Waals surface area contributed by atoms with Crippen LogP contribution in [0.15, 0.2) is 79.0 Å². The van der Waals surface area contributed by atoms with Crippen LogP contribution < -0.4 is 20.7 Å². The molecule has 0 radical (unpaired) electrons. The normalized spacial score (nSPS) is 15.4. The second kappa shape index (κ2) is 7.48. The summed E-state index contributed by atoms with van der Waals surface area (Å²) in [6, 6.07) is 22.9. The molecule has 1 spiro atoms. The van der Waals surface area contributed by atoms with Gasteiger partial charge in [-0.2, -0.15) is 4.98 Å². The van der Waals surface area contributed by atoms with Crippen LogP contribution in [0.4, 0.5) is 33.2 Å². The number of hydrogen-bond acceptors (Lipinski definition) is 6. The highest BCUT2D eigenvalue weighted by Gasteiger charge is 2.52. The molecule has 1 saturated carbocycles. The smallest absolute Gasteiger partial charge is 0.229 e. The maximum absolute atomic E-state index is 14.8. The van der Waals surface area contributed by atoms with E-state index in [4.69, 9.17) is 10.5 Å². The number of nitrogens with one attached hydrogen (secondary N) is 1. The van der Waals surface area contributed by atoms with Gasteiger partial charge in [-0.1, -0.05) is 24.3 Å². The number of nitrogen functional groups attached to an aromatic ring is 1. The van der Waals surface area contributed by atoms with Gasteiger partial charge in [-0.3, -0.25) is 0 Å². The van der Waals surface area contributed by atoms with Gasteiger partial charge in [0.2, 0.25) is 5.95 Å². The summed E-state index contributed by atoms with van der Waals surface area (Å²) in [4.78, 5) is 10.6. The summed E-state index contributed by atoms with van der Waals surface area (Å²) in [7, 11) is 0. The first-order chi connectivity index (χ1) is 16.1. The molecule has 2 heterocycles. The lowest BCUT2D eigenvalue weighted by atomic mass is 9.98. The van der Waals surface area contributed by atoms with Gasteiger partial charge in [0.25, 0.3) is 0 Å². The molecule has 7 heteroatoms. The summed E-state index contributed by atoms with van der Waals surface area (Å²) in [6.45, 7) is 0.699.